The van der Waals surface area contributed by atoms with Crippen molar-refractivity contribution in [1.82, 2.24) is 4.72 Å². The molecule has 0 aromatic heterocycles. The standard InChI is InChI=1S/C12H17BrN2O4S2/c1-12(4-5-20(16,17)8-12)15-21(18,19)11-6-9(7-14)2-3-10(11)13/h2-3,6,15H,4-5,7-8,14H2,1H3. The molecule has 1 aromatic carbocycles. The van der Waals surface area contributed by atoms with Gasteiger partial charge in [0.15, 0.2) is 9.84 Å². The molecule has 0 radical (unpaired) electrons. The number of nitrogens with one attached hydrogen (secondary N) is 1. The van der Waals surface area contributed by atoms with Crippen LogP contribution in [0.2, 0.25) is 0 Å². The van der Waals surface area contributed by atoms with Crippen LogP contribution in [0.3, 0.4) is 0 Å². The van der Waals surface area contributed by atoms with Gasteiger partial charge < -0.3 is 5.73 Å². The lowest BCUT2D eigenvalue weighted by atomic mass is 10.0. The van der Waals surface area contributed by atoms with Gasteiger partial charge in [-0.05, 0) is 47.0 Å². The van der Waals surface area contributed by atoms with Crippen molar-refractivity contribution in [2.45, 2.75) is 30.3 Å². The zero-order valence-electron chi connectivity index (χ0n) is 11.5. The maximum Gasteiger partial charge on any atom is 0.242 e. The van der Waals surface area contributed by atoms with Crippen LogP contribution in [0, 0.1) is 0 Å². The first-order valence-corrected chi connectivity index (χ1v) is 10.4. The number of rotatable bonds is 4. The monoisotopic (exact) mass is 396 g/mol. The van der Waals surface area contributed by atoms with E-state index >= 15 is 0 Å². The zero-order chi connectivity index (χ0) is 15.9. The molecular formula is C12H17BrN2O4S2. The summed E-state index contributed by atoms with van der Waals surface area (Å²) in [4.78, 5) is 0.0657. The van der Waals surface area contributed by atoms with E-state index in [4.69, 9.17) is 5.73 Å². The molecule has 0 amide bonds. The van der Waals surface area contributed by atoms with Gasteiger partial charge >= 0.3 is 0 Å². The third-order valence-electron chi connectivity index (χ3n) is 3.40. The van der Waals surface area contributed by atoms with Gasteiger partial charge in [-0.2, -0.15) is 0 Å². The lowest BCUT2D eigenvalue weighted by Crippen LogP contribution is -2.46. The summed E-state index contributed by atoms with van der Waals surface area (Å²) in [5.41, 5.74) is 5.23. The lowest BCUT2D eigenvalue weighted by Gasteiger charge is -2.24. The molecule has 2 rings (SSSR count). The number of hydrogen-bond donors (Lipinski definition) is 2. The minimum atomic E-state index is -3.83. The molecule has 0 aliphatic carbocycles. The Labute approximate surface area is 133 Å². The highest BCUT2D eigenvalue weighted by Crippen LogP contribution is 2.28. The van der Waals surface area contributed by atoms with Crippen LogP contribution in [0.5, 0.6) is 0 Å². The Kier molecular flexibility index (Phi) is 4.52. The van der Waals surface area contributed by atoms with E-state index in [1.165, 1.54) is 6.07 Å². The van der Waals surface area contributed by atoms with Crippen LogP contribution < -0.4 is 10.5 Å². The van der Waals surface area contributed by atoms with Crippen LogP contribution in [-0.2, 0) is 26.4 Å². The lowest BCUT2D eigenvalue weighted by molar-refractivity contribution is 0.461. The van der Waals surface area contributed by atoms with Crippen molar-refractivity contribution in [2.75, 3.05) is 11.5 Å². The number of halogens is 1. The molecule has 1 aliphatic rings. The van der Waals surface area contributed by atoms with Gasteiger partial charge in [-0.15, -0.1) is 0 Å². The molecule has 118 valence electrons. The van der Waals surface area contributed by atoms with Crippen molar-refractivity contribution in [1.29, 1.82) is 0 Å². The summed E-state index contributed by atoms with van der Waals surface area (Å²) in [7, 11) is -7.02. The van der Waals surface area contributed by atoms with Crippen molar-refractivity contribution < 1.29 is 16.8 Å². The molecule has 1 heterocycles. The highest BCUT2D eigenvalue weighted by atomic mass is 79.9. The van der Waals surface area contributed by atoms with Gasteiger partial charge in [-0.3, -0.25) is 0 Å². The van der Waals surface area contributed by atoms with Gasteiger partial charge in [-0.1, -0.05) is 6.07 Å². The second kappa shape index (κ2) is 5.62. The maximum atomic E-state index is 12.5. The third-order valence-corrected chi connectivity index (χ3v) is 7.94. The summed E-state index contributed by atoms with van der Waals surface area (Å²) in [5.74, 6) is -0.191. The second-order valence-electron chi connectivity index (χ2n) is 5.48. The number of sulfonamides is 1. The Morgan fingerprint density at radius 3 is 2.62 bits per heavy atom. The van der Waals surface area contributed by atoms with Gasteiger partial charge in [0, 0.05) is 16.6 Å². The largest absolute Gasteiger partial charge is 0.326 e. The molecule has 1 aliphatic heterocycles. The number of sulfone groups is 1. The molecule has 1 atom stereocenters. The topological polar surface area (TPSA) is 106 Å². The Balaban J connectivity index is 2.35. The fourth-order valence-electron chi connectivity index (χ4n) is 2.35. The van der Waals surface area contributed by atoms with Crippen molar-refractivity contribution >= 4 is 35.8 Å². The SMILES string of the molecule is CC1(NS(=O)(=O)c2cc(CN)ccc2Br)CCS(=O)(=O)C1. The minimum absolute atomic E-state index is 0.00394. The molecule has 6 nitrogen and oxygen atoms in total. The number of nitrogens with two attached hydrogens (primary N) is 1. The average Bonchev–Trinajstić information content (AvgIpc) is 2.62. The molecule has 0 bridgehead atoms. The highest BCUT2D eigenvalue weighted by Gasteiger charge is 2.41. The van der Waals surface area contributed by atoms with Crippen molar-refractivity contribution in [3.05, 3.63) is 28.2 Å². The fraction of sp³-hybridized carbons (Fsp3) is 0.500. The van der Waals surface area contributed by atoms with Crippen molar-refractivity contribution in [2.24, 2.45) is 5.73 Å². The van der Waals surface area contributed by atoms with E-state index in [1.807, 2.05) is 0 Å². The summed E-state index contributed by atoms with van der Waals surface area (Å²) in [6.07, 6.45) is 0.267. The first kappa shape index (κ1) is 16.9. The van der Waals surface area contributed by atoms with Crippen LogP contribution in [0.4, 0.5) is 0 Å². The summed E-state index contributed by atoms with van der Waals surface area (Å²) < 4.78 is 51.1. The highest BCUT2D eigenvalue weighted by molar-refractivity contribution is 9.10. The summed E-state index contributed by atoms with van der Waals surface area (Å²) >= 11 is 3.21. The molecule has 0 spiro atoms. The summed E-state index contributed by atoms with van der Waals surface area (Å²) in [5, 5.41) is 0. The van der Waals surface area contributed by atoms with Crippen molar-refractivity contribution in [3.63, 3.8) is 0 Å². The predicted octanol–water partition coefficient (Wildman–Crippen LogP) is 0.763. The van der Waals surface area contributed by atoms with Crippen LogP contribution >= 0.6 is 15.9 Å². The van der Waals surface area contributed by atoms with E-state index in [9.17, 15) is 16.8 Å². The molecule has 0 saturated carbocycles. The average molecular weight is 397 g/mol. The van der Waals surface area contributed by atoms with Crippen LogP contribution in [0.25, 0.3) is 0 Å². The predicted molar refractivity (Wildman–Crippen MR) is 84.0 cm³/mol. The van der Waals surface area contributed by atoms with Crippen LogP contribution in [-0.4, -0.2) is 33.9 Å². The van der Waals surface area contributed by atoms with Gasteiger partial charge in [0.2, 0.25) is 10.0 Å². The second-order valence-corrected chi connectivity index (χ2v) is 10.2. The summed E-state index contributed by atoms with van der Waals surface area (Å²) in [6, 6.07) is 4.83. The molecule has 21 heavy (non-hydrogen) atoms. The smallest absolute Gasteiger partial charge is 0.242 e. The normalized spacial score (nSPS) is 25.1. The van der Waals surface area contributed by atoms with E-state index in [1.54, 1.807) is 19.1 Å². The first-order chi connectivity index (χ1) is 9.57. The molecule has 1 unspecified atom stereocenters. The van der Waals surface area contributed by atoms with E-state index in [0.29, 0.717) is 10.0 Å². The van der Waals surface area contributed by atoms with Crippen LogP contribution in [0.1, 0.15) is 18.9 Å². The number of hydrogen-bond acceptors (Lipinski definition) is 5. The van der Waals surface area contributed by atoms with Crippen molar-refractivity contribution in [3.8, 4) is 0 Å². The molecule has 3 N–H and O–H groups in total. The van der Waals surface area contributed by atoms with E-state index in [-0.39, 0.29) is 29.4 Å². The molecule has 9 heteroatoms. The molecular weight excluding hydrogens is 380 g/mol. The molecule has 1 saturated heterocycles. The van der Waals surface area contributed by atoms with Crippen LogP contribution in [0.15, 0.2) is 27.6 Å². The van der Waals surface area contributed by atoms with E-state index in [2.05, 4.69) is 20.7 Å². The van der Waals surface area contributed by atoms with Gasteiger partial charge in [0.05, 0.1) is 16.4 Å². The first-order valence-electron chi connectivity index (χ1n) is 6.30. The van der Waals surface area contributed by atoms with E-state index in [0.717, 1.165) is 0 Å². The Morgan fingerprint density at radius 2 is 2.10 bits per heavy atom. The summed E-state index contributed by atoms with van der Waals surface area (Å²) in [6.45, 7) is 1.83. The minimum Gasteiger partial charge on any atom is -0.326 e. The maximum absolute atomic E-state index is 12.5. The molecule has 1 fully saturated rings. The third kappa shape index (κ3) is 3.84. The number of benzene rings is 1. The Morgan fingerprint density at radius 1 is 1.43 bits per heavy atom. The Hall–Kier alpha value is -0.480. The molecule has 1 aromatic rings. The van der Waals surface area contributed by atoms with Gasteiger partial charge in [0.25, 0.3) is 0 Å². The van der Waals surface area contributed by atoms with Gasteiger partial charge in [-0.25, -0.2) is 21.6 Å². The van der Waals surface area contributed by atoms with Gasteiger partial charge in [0.1, 0.15) is 0 Å². The Bertz CT molecular complexity index is 761. The van der Waals surface area contributed by atoms with E-state index < -0.39 is 25.4 Å². The zero-order valence-corrected chi connectivity index (χ0v) is 14.7. The fourth-order valence-corrected chi connectivity index (χ4v) is 6.99. The quantitative estimate of drug-likeness (QED) is 0.781.